The lowest BCUT2D eigenvalue weighted by Gasteiger charge is -2.43. The Labute approximate surface area is 210 Å². The Morgan fingerprint density at radius 3 is 2.47 bits per heavy atom. The normalized spacial score (nSPS) is 18.3. The van der Waals surface area contributed by atoms with Crippen LogP contribution in [0.4, 0.5) is 21.1 Å². The van der Waals surface area contributed by atoms with Gasteiger partial charge < -0.3 is 19.4 Å². The van der Waals surface area contributed by atoms with Crippen LogP contribution in [0.2, 0.25) is 0 Å². The monoisotopic (exact) mass is 489 g/mol. The third kappa shape index (κ3) is 4.75. The summed E-state index contributed by atoms with van der Waals surface area (Å²) in [6, 6.07) is 9.55. The number of hydrogen-bond acceptors (Lipinski definition) is 7. The topological polar surface area (TPSA) is 104 Å². The molecular weight excluding hydrogens is 458 g/mol. The molecule has 2 saturated heterocycles. The highest BCUT2D eigenvalue weighted by atomic mass is 16.5. The third-order valence-electron chi connectivity index (χ3n) is 6.95. The summed E-state index contributed by atoms with van der Waals surface area (Å²) in [5, 5.41) is 13.7. The highest BCUT2D eigenvalue weighted by Gasteiger charge is 2.32. The highest BCUT2D eigenvalue weighted by Crippen LogP contribution is 2.32. The molecule has 5 rings (SSSR count). The molecule has 0 bridgehead atoms. The van der Waals surface area contributed by atoms with Crippen molar-refractivity contribution in [2.45, 2.75) is 32.2 Å². The summed E-state index contributed by atoms with van der Waals surface area (Å²) in [6.07, 6.45) is 6.44. The number of hydrogen-bond donors (Lipinski definition) is 1. The number of pyridine rings is 1. The number of carbonyl (C=O) groups is 2. The van der Waals surface area contributed by atoms with Crippen molar-refractivity contribution in [2.75, 3.05) is 50.1 Å². The van der Waals surface area contributed by atoms with E-state index < -0.39 is 6.09 Å². The van der Waals surface area contributed by atoms with Crippen molar-refractivity contribution in [2.24, 2.45) is 0 Å². The maximum atomic E-state index is 13.1. The second-order valence-electron chi connectivity index (χ2n) is 9.31. The molecule has 0 aliphatic carbocycles. The molecule has 0 saturated carbocycles. The molecule has 36 heavy (non-hydrogen) atoms. The van der Waals surface area contributed by atoms with E-state index in [-0.39, 0.29) is 12.1 Å². The number of piperazine rings is 1. The Kier molecular flexibility index (Phi) is 6.84. The fourth-order valence-electron chi connectivity index (χ4n) is 5.01. The van der Waals surface area contributed by atoms with E-state index in [1.807, 2.05) is 34.2 Å². The summed E-state index contributed by atoms with van der Waals surface area (Å²) in [4.78, 5) is 35.1. The number of nitrogens with one attached hydrogen (secondary N) is 1. The fraction of sp³-hybridized carbons (Fsp3) is 0.423. The number of amides is 3. The van der Waals surface area contributed by atoms with Crippen LogP contribution in [0.15, 0.2) is 42.7 Å². The quantitative estimate of drug-likeness (QED) is 0.593. The summed E-state index contributed by atoms with van der Waals surface area (Å²) in [6.45, 7) is 5.83. The van der Waals surface area contributed by atoms with Gasteiger partial charge in [-0.05, 0) is 44.4 Å². The number of fused-ring (bicyclic) bond motifs is 1. The van der Waals surface area contributed by atoms with Gasteiger partial charge in [-0.1, -0.05) is 12.1 Å². The number of urea groups is 1. The number of ether oxygens (including phenoxy) is 1. The van der Waals surface area contributed by atoms with Gasteiger partial charge in [0.1, 0.15) is 5.69 Å². The van der Waals surface area contributed by atoms with Crippen molar-refractivity contribution in [3.63, 3.8) is 0 Å². The molecular formula is C26H31N7O3. The summed E-state index contributed by atoms with van der Waals surface area (Å²) < 4.78 is 4.65. The second-order valence-corrected chi connectivity index (χ2v) is 9.31. The van der Waals surface area contributed by atoms with Crippen molar-refractivity contribution in [3.8, 4) is 11.3 Å². The number of carbonyl (C=O) groups excluding carboxylic acids is 2. The maximum Gasteiger partial charge on any atom is 0.411 e. The first-order valence-corrected chi connectivity index (χ1v) is 12.4. The van der Waals surface area contributed by atoms with E-state index in [4.69, 9.17) is 0 Å². The minimum Gasteiger partial charge on any atom is -0.453 e. The minimum absolute atomic E-state index is 0.0660. The van der Waals surface area contributed by atoms with Gasteiger partial charge in [-0.2, -0.15) is 0 Å². The number of rotatable bonds is 3. The Morgan fingerprint density at radius 1 is 0.972 bits per heavy atom. The van der Waals surface area contributed by atoms with E-state index >= 15 is 0 Å². The molecule has 10 nitrogen and oxygen atoms in total. The largest absolute Gasteiger partial charge is 0.453 e. The molecule has 1 atom stereocenters. The first-order chi connectivity index (χ1) is 17.5. The van der Waals surface area contributed by atoms with Crippen molar-refractivity contribution in [3.05, 3.63) is 42.7 Å². The van der Waals surface area contributed by atoms with Crippen LogP contribution in [0, 0.1) is 0 Å². The summed E-state index contributed by atoms with van der Waals surface area (Å²) >= 11 is 0. The van der Waals surface area contributed by atoms with Gasteiger partial charge in [0.05, 0.1) is 7.11 Å². The molecule has 1 aromatic carbocycles. The maximum absolute atomic E-state index is 13.1. The molecule has 2 aliphatic rings. The van der Waals surface area contributed by atoms with Crippen LogP contribution in [-0.2, 0) is 4.74 Å². The molecule has 2 fully saturated rings. The van der Waals surface area contributed by atoms with Gasteiger partial charge in [0.15, 0.2) is 5.82 Å². The number of methoxy groups -OCH3 is 1. The van der Waals surface area contributed by atoms with Crippen molar-refractivity contribution < 1.29 is 14.3 Å². The molecule has 3 aromatic rings. The van der Waals surface area contributed by atoms with Gasteiger partial charge in [0.2, 0.25) is 0 Å². The Bertz CT molecular complexity index is 1240. The van der Waals surface area contributed by atoms with Crippen LogP contribution in [0.3, 0.4) is 0 Å². The lowest BCUT2D eigenvalue weighted by atomic mass is 10.1. The zero-order chi connectivity index (χ0) is 25.1. The van der Waals surface area contributed by atoms with Crippen LogP contribution in [-0.4, -0.2) is 83.0 Å². The number of piperidine rings is 1. The number of benzene rings is 1. The Balaban J connectivity index is 1.37. The van der Waals surface area contributed by atoms with Crippen molar-refractivity contribution >= 4 is 34.4 Å². The summed E-state index contributed by atoms with van der Waals surface area (Å²) in [5.41, 5.74) is 2.26. The average molecular weight is 490 g/mol. The molecule has 0 radical (unpaired) electrons. The van der Waals surface area contributed by atoms with Gasteiger partial charge in [-0.3, -0.25) is 10.3 Å². The summed E-state index contributed by atoms with van der Waals surface area (Å²) in [7, 11) is 1.33. The first kappa shape index (κ1) is 23.8. The molecule has 2 aliphatic heterocycles. The number of aromatic nitrogens is 3. The van der Waals surface area contributed by atoms with Gasteiger partial charge in [0, 0.05) is 73.2 Å². The minimum atomic E-state index is -0.518. The molecule has 2 aromatic heterocycles. The van der Waals surface area contributed by atoms with Crippen LogP contribution in [0.5, 0.6) is 0 Å². The van der Waals surface area contributed by atoms with E-state index in [1.165, 1.54) is 13.5 Å². The first-order valence-electron chi connectivity index (χ1n) is 12.4. The lowest BCUT2D eigenvalue weighted by molar-refractivity contribution is 0.123. The Hall–Kier alpha value is -3.95. The molecule has 4 heterocycles. The van der Waals surface area contributed by atoms with Crippen LogP contribution in [0.25, 0.3) is 22.0 Å². The third-order valence-corrected chi connectivity index (χ3v) is 6.95. The zero-order valence-electron chi connectivity index (χ0n) is 20.7. The number of anilines is 2. The fourth-order valence-corrected chi connectivity index (χ4v) is 5.01. The van der Waals surface area contributed by atoms with Crippen molar-refractivity contribution in [1.82, 2.24) is 25.0 Å². The van der Waals surface area contributed by atoms with Crippen LogP contribution >= 0.6 is 0 Å². The Morgan fingerprint density at radius 2 is 1.75 bits per heavy atom. The number of nitrogens with zero attached hydrogens (tertiary/aromatic N) is 6. The predicted molar refractivity (Wildman–Crippen MR) is 138 cm³/mol. The number of likely N-dealkylation sites (tertiary alicyclic amines) is 1. The predicted octanol–water partition coefficient (Wildman–Crippen LogP) is 3.99. The van der Waals surface area contributed by atoms with E-state index in [0.717, 1.165) is 53.8 Å². The molecule has 1 N–H and O–H groups in total. The van der Waals surface area contributed by atoms with Gasteiger partial charge in [-0.25, -0.2) is 9.59 Å². The van der Waals surface area contributed by atoms with E-state index in [9.17, 15) is 9.59 Å². The van der Waals surface area contributed by atoms with E-state index in [2.05, 4.69) is 37.1 Å². The van der Waals surface area contributed by atoms with Crippen LogP contribution in [0.1, 0.15) is 26.2 Å². The van der Waals surface area contributed by atoms with Crippen molar-refractivity contribution in [1.29, 1.82) is 0 Å². The lowest BCUT2D eigenvalue weighted by Crippen LogP contribution is -2.58. The van der Waals surface area contributed by atoms with Crippen LogP contribution < -0.4 is 10.2 Å². The van der Waals surface area contributed by atoms with Gasteiger partial charge in [0.25, 0.3) is 0 Å². The zero-order valence-corrected chi connectivity index (χ0v) is 20.7. The highest BCUT2D eigenvalue weighted by molar-refractivity contribution is 6.00. The van der Waals surface area contributed by atoms with E-state index in [0.29, 0.717) is 25.3 Å². The average Bonchev–Trinajstić information content (AvgIpc) is 2.93. The van der Waals surface area contributed by atoms with E-state index in [1.54, 1.807) is 18.3 Å². The van der Waals surface area contributed by atoms with Gasteiger partial charge in [-0.15, -0.1) is 10.2 Å². The SMILES string of the molecule is COC(=O)Nc1ccc(-c2nnc(N3CCN(C(=O)N4CCCCC4)C(C)C3)c3cnccc23)cc1. The molecule has 0 spiro atoms. The molecule has 188 valence electrons. The second kappa shape index (κ2) is 10.3. The molecule has 3 amide bonds. The van der Waals surface area contributed by atoms with Gasteiger partial charge >= 0.3 is 12.1 Å². The molecule has 10 heteroatoms. The summed E-state index contributed by atoms with van der Waals surface area (Å²) in [5.74, 6) is 0.780. The standard InChI is InChI=1S/C26H31N7O3/c1-18-17-32(14-15-33(18)26(35)31-12-4-3-5-13-31)24-22-16-27-11-10-21(22)23(29-30-24)19-6-8-20(9-7-19)28-25(34)36-2/h6-11,16,18H,3-5,12-15,17H2,1-2H3,(H,28,34). The smallest absolute Gasteiger partial charge is 0.411 e. The molecule has 1 unspecified atom stereocenters.